The summed E-state index contributed by atoms with van der Waals surface area (Å²) in [6, 6.07) is 16.5. The zero-order valence-electron chi connectivity index (χ0n) is 17.2. The van der Waals surface area contributed by atoms with E-state index in [0.29, 0.717) is 29.1 Å². The van der Waals surface area contributed by atoms with Gasteiger partial charge in [-0.15, -0.1) is 0 Å². The molecule has 0 unspecified atom stereocenters. The van der Waals surface area contributed by atoms with Gasteiger partial charge in [-0.05, 0) is 44.6 Å². The van der Waals surface area contributed by atoms with E-state index in [2.05, 4.69) is 29.4 Å². The van der Waals surface area contributed by atoms with E-state index >= 15 is 0 Å². The van der Waals surface area contributed by atoms with Gasteiger partial charge in [-0.1, -0.05) is 56.3 Å². The maximum atomic E-state index is 13.1. The molecule has 2 N–H and O–H groups in total. The molecule has 2 aromatic carbocycles. The number of para-hydroxylation sites is 1. The van der Waals surface area contributed by atoms with Crippen molar-refractivity contribution in [1.82, 2.24) is 10.2 Å². The van der Waals surface area contributed by atoms with Crippen LogP contribution in [0.4, 0.5) is 5.69 Å². The summed E-state index contributed by atoms with van der Waals surface area (Å²) >= 11 is 0. The Hall–Kier alpha value is -2.92. The minimum Gasteiger partial charge on any atom is -0.380 e. The molecule has 1 aliphatic carbocycles. The molecule has 0 heterocycles. The summed E-state index contributed by atoms with van der Waals surface area (Å²) in [7, 11) is 0. The number of allylic oxidation sites excluding steroid dienone is 2. The zero-order valence-corrected chi connectivity index (χ0v) is 17.2. The molecule has 0 fully saturated rings. The Balaban J connectivity index is 1.77. The summed E-state index contributed by atoms with van der Waals surface area (Å²) in [6.07, 6.45) is 1.98. The van der Waals surface area contributed by atoms with Crippen LogP contribution in [0.25, 0.3) is 0 Å². The monoisotopic (exact) mass is 391 g/mol. The lowest BCUT2D eigenvalue weighted by Gasteiger charge is -2.23. The first-order valence-electron chi connectivity index (χ1n) is 10.4. The number of carbonyl (C=O) groups excluding carboxylic acids is 2. The van der Waals surface area contributed by atoms with Crippen molar-refractivity contribution in [2.45, 2.75) is 26.7 Å². The fraction of sp³-hybridized carbons (Fsp3) is 0.333. The van der Waals surface area contributed by atoms with E-state index in [1.807, 2.05) is 30.3 Å². The molecule has 1 aliphatic rings. The molecule has 3 rings (SSSR count). The summed E-state index contributed by atoms with van der Waals surface area (Å²) in [5.41, 5.74) is 2.37. The molecular formula is C24H29N3O2. The van der Waals surface area contributed by atoms with Crippen molar-refractivity contribution in [1.29, 1.82) is 0 Å². The molecular weight excluding hydrogens is 362 g/mol. The summed E-state index contributed by atoms with van der Waals surface area (Å²) in [6.45, 7) is 8.11. The lowest BCUT2D eigenvalue weighted by Crippen LogP contribution is -2.34. The van der Waals surface area contributed by atoms with Crippen molar-refractivity contribution in [3.8, 4) is 0 Å². The summed E-state index contributed by atoms with van der Waals surface area (Å²) in [5.74, 6) is -0.294. The molecule has 0 bridgehead atoms. The third-order valence-electron chi connectivity index (χ3n) is 5.26. The van der Waals surface area contributed by atoms with Crippen molar-refractivity contribution in [3.05, 3.63) is 77.1 Å². The normalized spacial score (nSPS) is 13.6. The second kappa shape index (κ2) is 10.0. The van der Waals surface area contributed by atoms with E-state index in [1.54, 1.807) is 24.3 Å². The third-order valence-corrected chi connectivity index (χ3v) is 5.26. The zero-order chi connectivity index (χ0) is 20.6. The predicted octanol–water partition coefficient (Wildman–Crippen LogP) is 4.10. The van der Waals surface area contributed by atoms with Gasteiger partial charge < -0.3 is 15.5 Å². The average Bonchev–Trinajstić information content (AvgIpc) is 2.77. The lowest BCUT2D eigenvalue weighted by molar-refractivity contribution is 0.0969. The Kier molecular flexibility index (Phi) is 7.19. The molecule has 0 atom stereocenters. The Bertz CT molecular complexity index is 886. The summed E-state index contributed by atoms with van der Waals surface area (Å²) in [4.78, 5) is 28.6. The van der Waals surface area contributed by atoms with Gasteiger partial charge in [-0.2, -0.15) is 0 Å². The number of carbonyl (C=O) groups is 2. The second-order valence-corrected chi connectivity index (χ2v) is 7.11. The predicted molar refractivity (Wildman–Crippen MR) is 117 cm³/mol. The number of Topliss-reactive ketones (excluding diaryl/α,β-unsaturated/α-hetero) is 2. The maximum Gasteiger partial charge on any atom is 0.212 e. The molecule has 0 saturated carbocycles. The van der Waals surface area contributed by atoms with Crippen LogP contribution in [0.5, 0.6) is 0 Å². The highest BCUT2D eigenvalue weighted by atomic mass is 16.1. The fourth-order valence-corrected chi connectivity index (χ4v) is 3.54. The first-order valence-corrected chi connectivity index (χ1v) is 10.4. The number of anilines is 1. The Morgan fingerprint density at radius 3 is 1.97 bits per heavy atom. The largest absolute Gasteiger partial charge is 0.380 e. The first kappa shape index (κ1) is 20.8. The van der Waals surface area contributed by atoms with Gasteiger partial charge in [0.1, 0.15) is 11.4 Å². The van der Waals surface area contributed by atoms with Gasteiger partial charge in [-0.25, -0.2) is 0 Å². The van der Waals surface area contributed by atoms with E-state index in [-0.39, 0.29) is 11.6 Å². The second-order valence-electron chi connectivity index (χ2n) is 7.11. The van der Waals surface area contributed by atoms with E-state index in [4.69, 9.17) is 0 Å². The fourth-order valence-electron chi connectivity index (χ4n) is 3.54. The molecule has 152 valence electrons. The SMILES string of the molecule is CCN(CC)CCCCNC1=C(Nc2ccccc2)C(=O)c2ccccc2C1=O. The topological polar surface area (TPSA) is 61.4 Å². The van der Waals surface area contributed by atoms with Crippen LogP contribution in [0.3, 0.4) is 0 Å². The van der Waals surface area contributed by atoms with Gasteiger partial charge >= 0.3 is 0 Å². The van der Waals surface area contributed by atoms with Crippen LogP contribution in [-0.4, -0.2) is 42.6 Å². The molecule has 5 nitrogen and oxygen atoms in total. The quantitative estimate of drug-likeness (QED) is 0.597. The van der Waals surface area contributed by atoms with Crippen molar-refractivity contribution in [2.75, 3.05) is 31.5 Å². The Morgan fingerprint density at radius 1 is 0.759 bits per heavy atom. The highest BCUT2D eigenvalue weighted by Crippen LogP contribution is 2.26. The minimum absolute atomic E-state index is 0.137. The number of benzene rings is 2. The summed E-state index contributed by atoms with van der Waals surface area (Å²) in [5, 5.41) is 6.42. The number of ketones is 2. The standard InChI is InChI=1S/C24H29N3O2/c1-3-27(4-2)17-11-10-16-25-21-22(26-18-12-6-5-7-13-18)24(29)20-15-9-8-14-19(20)23(21)28/h5-9,12-15,25-26H,3-4,10-11,16-17H2,1-2H3. The van der Waals surface area contributed by atoms with Gasteiger partial charge in [0.05, 0.1) is 0 Å². The van der Waals surface area contributed by atoms with Crippen molar-refractivity contribution < 1.29 is 9.59 Å². The van der Waals surface area contributed by atoms with E-state index in [0.717, 1.165) is 38.2 Å². The lowest BCUT2D eigenvalue weighted by atomic mass is 9.90. The number of unbranched alkanes of at least 4 members (excludes halogenated alkanes) is 1. The van der Waals surface area contributed by atoms with Crippen LogP contribution in [0.2, 0.25) is 0 Å². The van der Waals surface area contributed by atoms with Crippen molar-refractivity contribution in [2.24, 2.45) is 0 Å². The third kappa shape index (κ3) is 4.93. The Morgan fingerprint density at radius 2 is 1.34 bits per heavy atom. The Labute approximate surface area is 172 Å². The summed E-state index contributed by atoms with van der Waals surface area (Å²) < 4.78 is 0. The van der Waals surface area contributed by atoms with Crippen LogP contribution in [-0.2, 0) is 0 Å². The highest BCUT2D eigenvalue weighted by Gasteiger charge is 2.32. The molecule has 0 amide bonds. The number of hydrogen-bond donors (Lipinski definition) is 2. The molecule has 5 heteroatoms. The van der Waals surface area contributed by atoms with Crippen molar-refractivity contribution >= 4 is 17.3 Å². The molecule has 29 heavy (non-hydrogen) atoms. The molecule has 0 radical (unpaired) electrons. The van der Waals surface area contributed by atoms with Gasteiger partial charge in [0, 0.05) is 23.4 Å². The number of fused-ring (bicyclic) bond motifs is 1. The van der Waals surface area contributed by atoms with Gasteiger partial charge in [0.25, 0.3) is 0 Å². The van der Waals surface area contributed by atoms with E-state index < -0.39 is 0 Å². The number of hydrogen-bond acceptors (Lipinski definition) is 5. The average molecular weight is 392 g/mol. The van der Waals surface area contributed by atoms with Crippen LogP contribution < -0.4 is 10.6 Å². The number of nitrogens with zero attached hydrogens (tertiary/aromatic N) is 1. The molecule has 0 aliphatic heterocycles. The van der Waals surface area contributed by atoms with Crippen LogP contribution in [0.15, 0.2) is 66.0 Å². The molecule has 0 spiro atoms. The van der Waals surface area contributed by atoms with Gasteiger partial charge in [0.2, 0.25) is 11.6 Å². The number of rotatable bonds is 10. The molecule has 0 aromatic heterocycles. The molecule has 0 saturated heterocycles. The van der Waals surface area contributed by atoms with Crippen LogP contribution in [0, 0.1) is 0 Å². The molecule has 2 aromatic rings. The van der Waals surface area contributed by atoms with E-state index in [9.17, 15) is 9.59 Å². The number of nitrogens with one attached hydrogen (secondary N) is 2. The van der Waals surface area contributed by atoms with Crippen molar-refractivity contribution in [3.63, 3.8) is 0 Å². The van der Waals surface area contributed by atoms with Crippen LogP contribution in [0.1, 0.15) is 47.4 Å². The minimum atomic E-state index is -0.158. The smallest absolute Gasteiger partial charge is 0.212 e. The van der Waals surface area contributed by atoms with Gasteiger partial charge in [0.15, 0.2) is 0 Å². The first-order chi connectivity index (χ1) is 14.2. The van der Waals surface area contributed by atoms with E-state index in [1.165, 1.54) is 0 Å². The maximum absolute atomic E-state index is 13.1. The van der Waals surface area contributed by atoms with Crippen LogP contribution >= 0.6 is 0 Å². The highest BCUT2D eigenvalue weighted by molar-refractivity contribution is 6.27. The van der Waals surface area contributed by atoms with Gasteiger partial charge in [-0.3, -0.25) is 9.59 Å².